The normalized spacial score (nSPS) is 21.2. The second-order valence-corrected chi connectivity index (χ2v) is 5.83. The summed E-state index contributed by atoms with van der Waals surface area (Å²) >= 11 is 0. The van der Waals surface area contributed by atoms with E-state index in [0.717, 1.165) is 50.0 Å². The molecule has 1 aliphatic rings. The Kier molecular flexibility index (Phi) is 6.52. The molecule has 0 bridgehead atoms. The molecule has 2 rings (SSSR count). The Balaban J connectivity index is 1.79. The van der Waals surface area contributed by atoms with Gasteiger partial charge in [-0.1, -0.05) is 19.4 Å². The lowest BCUT2D eigenvalue weighted by molar-refractivity contribution is 0.118. The third-order valence-corrected chi connectivity index (χ3v) is 3.89. The summed E-state index contributed by atoms with van der Waals surface area (Å²) in [7, 11) is 0. The molecule has 0 atom stereocenters. The third kappa shape index (κ3) is 5.56. The Morgan fingerprint density at radius 2 is 2.09 bits per heavy atom. The lowest BCUT2D eigenvalue weighted by atomic mass is 9.93. The molecule has 0 aliphatic heterocycles. The van der Waals surface area contributed by atoms with Gasteiger partial charge in [-0.25, -0.2) is 4.79 Å². The largest absolute Gasteiger partial charge is 0.494 e. The molecular formula is C17H26N2O3. The number of anilines is 1. The number of aliphatic hydroxyl groups excluding tert-OH is 1. The Hall–Kier alpha value is -1.75. The van der Waals surface area contributed by atoms with Gasteiger partial charge in [0.05, 0.1) is 12.7 Å². The van der Waals surface area contributed by atoms with Gasteiger partial charge in [-0.3, -0.25) is 0 Å². The number of nitrogens with one attached hydrogen (secondary N) is 2. The molecule has 3 N–H and O–H groups in total. The van der Waals surface area contributed by atoms with Crippen LogP contribution in [0.15, 0.2) is 24.3 Å². The quantitative estimate of drug-likeness (QED) is 0.706. The third-order valence-electron chi connectivity index (χ3n) is 3.89. The molecular weight excluding hydrogens is 280 g/mol. The topological polar surface area (TPSA) is 70.6 Å². The van der Waals surface area contributed by atoms with Gasteiger partial charge in [-0.2, -0.15) is 0 Å². The first-order valence-electron chi connectivity index (χ1n) is 8.16. The number of hydrogen-bond donors (Lipinski definition) is 3. The zero-order valence-electron chi connectivity index (χ0n) is 13.2. The van der Waals surface area contributed by atoms with Gasteiger partial charge in [0.25, 0.3) is 0 Å². The molecule has 0 saturated heterocycles. The Bertz CT molecular complexity index is 471. The molecule has 5 heteroatoms. The van der Waals surface area contributed by atoms with Gasteiger partial charge >= 0.3 is 6.03 Å². The zero-order valence-corrected chi connectivity index (χ0v) is 13.2. The second kappa shape index (κ2) is 8.63. The number of rotatable bonds is 6. The summed E-state index contributed by atoms with van der Waals surface area (Å²) in [6, 6.07) is 7.38. The van der Waals surface area contributed by atoms with E-state index in [1.165, 1.54) is 0 Å². The van der Waals surface area contributed by atoms with Crippen LogP contribution in [-0.2, 0) is 0 Å². The molecule has 5 nitrogen and oxygen atoms in total. The van der Waals surface area contributed by atoms with Crippen LogP contribution in [-0.4, -0.2) is 29.9 Å². The molecule has 1 fully saturated rings. The lowest BCUT2D eigenvalue weighted by Crippen LogP contribution is -2.40. The van der Waals surface area contributed by atoms with E-state index in [4.69, 9.17) is 4.74 Å². The number of ether oxygens (including phenoxy) is 1. The van der Waals surface area contributed by atoms with Crippen molar-refractivity contribution in [2.24, 2.45) is 0 Å². The smallest absolute Gasteiger partial charge is 0.319 e. The van der Waals surface area contributed by atoms with Gasteiger partial charge in [-0.15, -0.1) is 0 Å². The fraction of sp³-hybridized carbons (Fsp3) is 0.588. The highest BCUT2D eigenvalue weighted by atomic mass is 16.5. The van der Waals surface area contributed by atoms with Crippen molar-refractivity contribution in [3.63, 3.8) is 0 Å². The van der Waals surface area contributed by atoms with Gasteiger partial charge in [-0.05, 0) is 44.2 Å². The summed E-state index contributed by atoms with van der Waals surface area (Å²) < 4.78 is 5.63. The van der Waals surface area contributed by atoms with Crippen molar-refractivity contribution in [2.75, 3.05) is 11.9 Å². The van der Waals surface area contributed by atoms with Crippen LogP contribution in [0.25, 0.3) is 0 Å². The molecule has 2 amide bonds. The number of unbranched alkanes of at least 4 members (excludes halogenated alkanes) is 1. The number of benzene rings is 1. The van der Waals surface area contributed by atoms with Gasteiger partial charge in [0.1, 0.15) is 5.75 Å². The molecule has 1 aromatic carbocycles. The number of aliphatic hydroxyl groups is 1. The monoisotopic (exact) mass is 306 g/mol. The average Bonchev–Trinajstić information content (AvgIpc) is 2.50. The van der Waals surface area contributed by atoms with Gasteiger partial charge in [0, 0.05) is 17.8 Å². The first kappa shape index (κ1) is 16.6. The Morgan fingerprint density at radius 3 is 2.82 bits per heavy atom. The average molecular weight is 306 g/mol. The van der Waals surface area contributed by atoms with Crippen LogP contribution in [0.4, 0.5) is 10.5 Å². The Morgan fingerprint density at radius 1 is 1.32 bits per heavy atom. The molecule has 0 aromatic heterocycles. The van der Waals surface area contributed by atoms with Crippen LogP contribution in [0.2, 0.25) is 0 Å². The number of hydrogen-bond acceptors (Lipinski definition) is 3. The van der Waals surface area contributed by atoms with Crippen molar-refractivity contribution in [2.45, 2.75) is 57.6 Å². The summed E-state index contributed by atoms with van der Waals surface area (Å²) in [6.07, 6.45) is 5.07. The molecule has 1 aliphatic carbocycles. The predicted octanol–water partition coefficient (Wildman–Crippen LogP) is 3.29. The van der Waals surface area contributed by atoms with Crippen molar-refractivity contribution >= 4 is 11.7 Å². The second-order valence-electron chi connectivity index (χ2n) is 5.83. The summed E-state index contributed by atoms with van der Waals surface area (Å²) in [5.74, 6) is 0.770. The summed E-state index contributed by atoms with van der Waals surface area (Å²) in [6.45, 7) is 2.81. The van der Waals surface area contributed by atoms with E-state index in [0.29, 0.717) is 6.61 Å². The summed E-state index contributed by atoms with van der Waals surface area (Å²) in [5, 5.41) is 15.3. The highest BCUT2D eigenvalue weighted by Crippen LogP contribution is 2.20. The van der Waals surface area contributed by atoms with Crippen LogP contribution >= 0.6 is 0 Å². The number of carbonyl (C=O) groups excluding carboxylic acids is 1. The fourth-order valence-corrected chi connectivity index (χ4v) is 2.57. The van der Waals surface area contributed by atoms with Gasteiger partial charge in [0.15, 0.2) is 0 Å². The minimum atomic E-state index is -0.210. The SMILES string of the molecule is CCCCOc1cccc(NC(=O)NC2CCC(O)CC2)c1. The maximum absolute atomic E-state index is 12.0. The van der Waals surface area contributed by atoms with Crippen LogP contribution in [0.1, 0.15) is 45.4 Å². The van der Waals surface area contributed by atoms with E-state index in [1.807, 2.05) is 24.3 Å². The van der Waals surface area contributed by atoms with Crippen LogP contribution in [0, 0.1) is 0 Å². The maximum atomic E-state index is 12.0. The van der Waals surface area contributed by atoms with Crippen LogP contribution < -0.4 is 15.4 Å². The lowest BCUT2D eigenvalue weighted by Gasteiger charge is -2.26. The minimum Gasteiger partial charge on any atom is -0.494 e. The number of amides is 2. The van der Waals surface area contributed by atoms with Crippen molar-refractivity contribution in [1.29, 1.82) is 0 Å². The number of urea groups is 1. The van der Waals surface area contributed by atoms with E-state index in [-0.39, 0.29) is 18.2 Å². The van der Waals surface area contributed by atoms with Crippen LogP contribution in [0.5, 0.6) is 5.75 Å². The zero-order chi connectivity index (χ0) is 15.8. The summed E-state index contributed by atoms with van der Waals surface area (Å²) in [5.41, 5.74) is 0.724. The minimum absolute atomic E-state index is 0.146. The van der Waals surface area contributed by atoms with E-state index >= 15 is 0 Å². The van der Waals surface area contributed by atoms with Crippen molar-refractivity contribution in [1.82, 2.24) is 5.32 Å². The first-order valence-corrected chi connectivity index (χ1v) is 8.16. The van der Waals surface area contributed by atoms with E-state index in [1.54, 1.807) is 0 Å². The predicted molar refractivity (Wildman–Crippen MR) is 87.3 cm³/mol. The van der Waals surface area contributed by atoms with Crippen molar-refractivity contribution in [3.05, 3.63) is 24.3 Å². The molecule has 122 valence electrons. The number of carbonyl (C=O) groups is 1. The van der Waals surface area contributed by atoms with E-state index in [9.17, 15) is 9.90 Å². The Labute approximate surface area is 132 Å². The molecule has 22 heavy (non-hydrogen) atoms. The standard InChI is InChI=1S/C17H26N2O3/c1-2-3-11-22-16-6-4-5-14(12-16)19-17(21)18-13-7-9-15(20)10-8-13/h4-6,12-13,15,20H,2-3,7-11H2,1H3,(H2,18,19,21). The molecule has 0 spiro atoms. The van der Waals surface area contributed by atoms with Crippen molar-refractivity contribution in [3.8, 4) is 5.75 Å². The summed E-state index contributed by atoms with van der Waals surface area (Å²) in [4.78, 5) is 12.0. The molecule has 0 heterocycles. The highest BCUT2D eigenvalue weighted by molar-refractivity contribution is 5.89. The van der Waals surface area contributed by atoms with E-state index in [2.05, 4.69) is 17.6 Å². The maximum Gasteiger partial charge on any atom is 0.319 e. The fourth-order valence-electron chi connectivity index (χ4n) is 2.57. The molecule has 0 unspecified atom stereocenters. The molecule has 1 aromatic rings. The molecule has 0 radical (unpaired) electrons. The van der Waals surface area contributed by atoms with E-state index < -0.39 is 0 Å². The van der Waals surface area contributed by atoms with Crippen LogP contribution in [0.3, 0.4) is 0 Å². The highest BCUT2D eigenvalue weighted by Gasteiger charge is 2.20. The van der Waals surface area contributed by atoms with Gasteiger partial charge < -0.3 is 20.5 Å². The van der Waals surface area contributed by atoms with Crippen molar-refractivity contribution < 1.29 is 14.6 Å². The molecule has 1 saturated carbocycles. The van der Waals surface area contributed by atoms with Gasteiger partial charge in [0.2, 0.25) is 0 Å². The first-order chi connectivity index (χ1) is 10.7.